The first kappa shape index (κ1) is 20.6. The first-order valence-electron chi connectivity index (χ1n) is 8.50. The van der Waals surface area contributed by atoms with E-state index >= 15 is 0 Å². The Hall–Kier alpha value is -4.08. The zero-order chi connectivity index (χ0) is 22.1. The minimum Gasteiger partial charge on any atom is -0.382 e. The number of rotatable bonds is 5. The van der Waals surface area contributed by atoms with Crippen LogP contribution in [0, 0.1) is 0 Å². The summed E-state index contributed by atoms with van der Waals surface area (Å²) in [7, 11) is 0. The number of primary amides is 1. The molecule has 10 heteroatoms. The van der Waals surface area contributed by atoms with E-state index in [1.54, 1.807) is 24.3 Å². The lowest BCUT2D eigenvalue weighted by Gasteiger charge is -2.12. The molecule has 0 spiro atoms. The molecule has 1 heterocycles. The van der Waals surface area contributed by atoms with Crippen LogP contribution < -0.4 is 16.8 Å². The molecule has 0 aliphatic heterocycles. The molecular formula is C20H16F3N5O2. The molecule has 0 bridgehead atoms. The van der Waals surface area contributed by atoms with Crippen LogP contribution in [-0.2, 0) is 11.0 Å². The Labute approximate surface area is 168 Å². The number of carbonyl (C=O) groups excluding carboxylic acids is 2. The van der Waals surface area contributed by atoms with E-state index in [1.165, 1.54) is 16.9 Å². The predicted molar refractivity (Wildman–Crippen MR) is 106 cm³/mol. The molecule has 30 heavy (non-hydrogen) atoms. The molecule has 7 nitrogen and oxygen atoms in total. The maximum Gasteiger partial charge on any atom is 0.417 e. The Kier molecular flexibility index (Phi) is 5.33. The molecule has 154 valence electrons. The van der Waals surface area contributed by atoms with Gasteiger partial charge in [-0.15, -0.1) is 0 Å². The number of carbonyl (C=O) groups is 2. The van der Waals surface area contributed by atoms with Crippen molar-refractivity contribution < 1.29 is 22.8 Å². The van der Waals surface area contributed by atoms with Gasteiger partial charge in [-0.1, -0.05) is 18.7 Å². The molecule has 0 aliphatic carbocycles. The normalized spacial score (nSPS) is 11.2. The number of anilines is 2. The quantitative estimate of drug-likeness (QED) is 0.554. The summed E-state index contributed by atoms with van der Waals surface area (Å²) >= 11 is 0. The second-order valence-corrected chi connectivity index (χ2v) is 6.24. The van der Waals surface area contributed by atoms with E-state index in [0.717, 1.165) is 18.2 Å². The van der Waals surface area contributed by atoms with Crippen LogP contribution in [0.1, 0.15) is 15.9 Å². The van der Waals surface area contributed by atoms with Crippen LogP contribution in [0.15, 0.2) is 61.3 Å². The van der Waals surface area contributed by atoms with Gasteiger partial charge in [0.05, 0.1) is 16.8 Å². The molecular weight excluding hydrogens is 399 g/mol. The maximum absolute atomic E-state index is 13.4. The molecule has 0 fully saturated rings. The highest BCUT2D eigenvalue weighted by atomic mass is 19.4. The number of hydrogen-bond acceptors (Lipinski definition) is 4. The fourth-order valence-corrected chi connectivity index (χ4v) is 2.82. The van der Waals surface area contributed by atoms with E-state index in [-0.39, 0.29) is 16.9 Å². The molecule has 1 aromatic heterocycles. The number of amides is 2. The van der Waals surface area contributed by atoms with E-state index in [1.807, 2.05) is 0 Å². The van der Waals surface area contributed by atoms with E-state index in [0.29, 0.717) is 11.4 Å². The average Bonchev–Trinajstić information content (AvgIpc) is 3.08. The van der Waals surface area contributed by atoms with Gasteiger partial charge in [-0.2, -0.15) is 18.3 Å². The second-order valence-electron chi connectivity index (χ2n) is 6.24. The number of alkyl halides is 3. The topological polar surface area (TPSA) is 116 Å². The van der Waals surface area contributed by atoms with Crippen molar-refractivity contribution in [2.45, 2.75) is 6.18 Å². The van der Waals surface area contributed by atoms with Gasteiger partial charge < -0.3 is 16.8 Å². The first-order chi connectivity index (χ1) is 14.1. The number of aromatic nitrogens is 2. The first-order valence-corrected chi connectivity index (χ1v) is 8.50. The van der Waals surface area contributed by atoms with E-state index in [4.69, 9.17) is 11.5 Å². The third-order valence-electron chi connectivity index (χ3n) is 4.21. The van der Waals surface area contributed by atoms with Crippen LogP contribution in [0.25, 0.3) is 16.8 Å². The SMILES string of the molecule is C=CC(=O)Nc1cccc(-n2cc(-c3ccc(C(N)=O)c(C(F)(F)F)c3)c(N)n2)c1. The standard InChI is InChI=1S/C20H16F3N5O2/c1-2-17(29)26-12-4-3-5-13(9-12)28-10-15(18(24)27-28)11-6-7-14(19(25)30)16(8-11)20(21,22)23/h2-10H,1H2,(H2,24,27)(H2,25,30)(H,26,29). The van der Waals surface area contributed by atoms with Gasteiger partial charge in [-0.25, -0.2) is 4.68 Å². The van der Waals surface area contributed by atoms with Gasteiger partial charge in [0.1, 0.15) is 0 Å². The van der Waals surface area contributed by atoms with Gasteiger partial charge >= 0.3 is 6.18 Å². The van der Waals surface area contributed by atoms with Crippen molar-refractivity contribution in [2.24, 2.45) is 5.73 Å². The fourth-order valence-electron chi connectivity index (χ4n) is 2.82. The lowest BCUT2D eigenvalue weighted by molar-refractivity contribution is -0.137. The number of nitrogens with zero attached hydrogens (tertiary/aromatic N) is 2. The number of nitrogen functional groups attached to an aromatic ring is 1. The number of nitrogens with two attached hydrogens (primary N) is 2. The minimum atomic E-state index is -4.77. The predicted octanol–water partition coefficient (Wildman–Crippen LogP) is 3.36. The highest BCUT2D eigenvalue weighted by molar-refractivity contribution is 5.99. The lowest BCUT2D eigenvalue weighted by atomic mass is 9.99. The molecule has 0 saturated heterocycles. The Morgan fingerprint density at radius 1 is 1.17 bits per heavy atom. The number of nitrogens with one attached hydrogen (secondary N) is 1. The third kappa shape index (κ3) is 4.17. The molecule has 2 amide bonds. The zero-order valence-electron chi connectivity index (χ0n) is 15.4. The van der Waals surface area contributed by atoms with Gasteiger partial charge in [0, 0.05) is 17.4 Å². The molecule has 3 rings (SSSR count). The maximum atomic E-state index is 13.4. The van der Waals surface area contributed by atoms with Crippen molar-refractivity contribution in [1.29, 1.82) is 0 Å². The minimum absolute atomic E-state index is 0.0181. The highest BCUT2D eigenvalue weighted by Crippen LogP contribution is 2.36. The van der Waals surface area contributed by atoms with E-state index < -0.39 is 29.1 Å². The summed E-state index contributed by atoms with van der Waals surface area (Å²) in [6.07, 6.45) is -2.21. The smallest absolute Gasteiger partial charge is 0.382 e. The molecule has 3 aromatic rings. The van der Waals surface area contributed by atoms with Gasteiger partial charge in [0.15, 0.2) is 5.82 Å². The monoisotopic (exact) mass is 415 g/mol. The Bertz CT molecular complexity index is 1150. The Morgan fingerprint density at radius 2 is 1.90 bits per heavy atom. The largest absolute Gasteiger partial charge is 0.417 e. The van der Waals surface area contributed by atoms with Crippen LogP contribution in [0.3, 0.4) is 0 Å². The Balaban J connectivity index is 2.03. The third-order valence-corrected chi connectivity index (χ3v) is 4.21. The summed E-state index contributed by atoms with van der Waals surface area (Å²) in [5.41, 5.74) is 10.5. The van der Waals surface area contributed by atoms with E-state index in [2.05, 4.69) is 17.0 Å². The summed E-state index contributed by atoms with van der Waals surface area (Å²) in [5, 5.41) is 6.73. The van der Waals surface area contributed by atoms with Crippen LogP contribution in [0.5, 0.6) is 0 Å². The molecule has 0 unspecified atom stereocenters. The summed E-state index contributed by atoms with van der Waals surface area (Å²) in [5.74, 6) is -1.60. The summed E-state index contributed by atoms with van der Waals surface area (Å²) < 4.78 is 41.4. The van der Waals surface area contributed by atoms with Crippen molar-refractivity contribution in [3.8, 4) is 16.8 Å². The molecule has 0 saturated carbocycles. The summed E-state index contributed by atoms with van der Waals surface area (Å²) in [6.45, 7) is 3.37. The molecule has 0 radical (unpaired) electrons. The van der Waals surface area contributed by atoms with Gasteiger partial charge in [-0.3, -0.25) is 9.59 Å². The van der Waals surface area contributed by atoms with Gasteiger partial charge in [0.25, 0.3) is 0 Å². The summed E-state index contributed by atoms with van der Waals surface area (Å²) in [4.78, 5) is 22.8. The van der Waals surface area contributed by atoms with Crippen LogP contribution in [0.2, 0.25) is 0 Å². The lowest BCUT2D eigenvalue weighted by Crippen LogP contribution is -2.18. The van der Waals surface area contributed by atoms with Crippen molar-refractivity contribution in [2.75, 3.05) is 11.1 Å². The average molecular weight is 415 g/mol. The number of hydrogen-bond donors (Lipinski definition) is 3. The van der Waals surface area contributed by atoms with E-state index in [9.17, 15) is 22.8 Å². The summed E-state index contributed by atoms with van der Waals surface area (Å²) in [6, 6.07) is 9.72. The van der Waals surface area contributed by atoms with Crippen LogP contribution in [0.4, 0.5) is 24.7 Å². The molecule has 5 N–H and O–H groups in total. The number of halogens is 3. The van der Waals surface area contributed by atoms with Crippen molar-refractivity contribution in [3.63, 3.8) is 0 Å². The molecule has 0 aliphatic rings. The van der Waals surface area contributed by atoms with Gasteiger partial charge in [-0.05, 0) is 42.0 Å². The van der Waals surface area contributed by atoms with Crippen molar-refractivity contribution >= 4 is 23.3 Å². The van der Waals surface area contributed by atoms with Crippen LogP contribution >= 0.6 is 0 Å². The fraction of sp³-hybridized carbons (Fsp3) is 0.0500. The van der Waals surface area contributed by atoms with Crippen molar-refractivity contribution in [1.82, 2.24) is 9.78 Å². The Morgan fingerprint density at radius 3 is 2.53 bits per heavy atom. The highest BCUT2D eigenvalue weighted by Gasteiger charge is 2.35. The second kappa shape index (κ2) is 7.74. The van der Waals surface area contributed by atoms with Crippen LogP contribution in [-0.4, -0.2) is 21.6 Å². The van der Waals surface area contributed by atoms with Gasteiger partial charge in [0.2, 0.25) is 11.8 Å². The zero-order valence-corrected chi connectivity index (χ0v) is 15.4. The number of benzene rings is 2. The van der Waals surface area contributed by atoms with Crippen molar-refractivity contribution in [3.05, 3.63) is 72.4 Å². The molecule has 0 atom stereocenters. The molecule has 2 aromatic carbocycles.